The van der Waals surface area contributed by atoms with Crippen molar-refractivity contribution in [2.45, 2.75) is 18.8 Å². The third-order valence-electron chi connectivity index (χ3n) is 2.60. The molecule has 0 bridgehead atoms. The van der Waals surface area contributed by atoms with Gasteiger partial charge in [-0.1, -0.05) is 12.1 Å². The van der Waals surface area contributed by atoms with Gasteiger partial charge in [0.1, 0.15) is 5.75 Å². The Morgan fingerprint density at radius 1 is 1.07 bits per heavy atom. The molecule has 0 amide bonds. The van der Waals surface area contributed by atoms with Gasteiger partial charge in [0.15, 0.2) is 5.78 Å². The molecule has 78 valence electrons. The second kappa shape index (κ2) is 3.77. The minimum Gasteiger partial charge on any atom is -0.512 e. The lowest BCUT2D eigenvalue weighted by molar-refractivity contribution is -0.115. The predicted molar refractivity (Wildman–Crippen MR) is 55.8 cm³/mol. The molecule has 0 spiro atoms. The van der Waals surface area contributed by atoms with Crippen molar-refractivity contribution in [2.75, 3.05) is 0 Å². The molecule has 3 heteroatoms. The van der Waals surface area contributed by atoms with Crippen molar-refractivity contribution in [3.05, 3.63) is 41.7 Å². The lowest BCUT2D eigenvalue weighted by Gasteiger charge is -2.19. The van der Waals surface area contributed by atoms with Gasteiger partial charge in [-0.15, -0.1) is 0 Å². The molecule has 0 heterocycles. The largest absolute Gasteiger partial charge is 0.512 e. The summed E-state index contributed by atoms with van der Waals surface area (Å²) in [7, 11) is 0. The first-order valence-electron chi connectivity index (χ1n) is 4.86. The second-order valence-electron chi connectivity index (χ2n) is 3.80. The SMILES string of the molecule is O=C1C=C(O)C[C@@H](c2ccc(O)cc2)C1. The third kappa shape index (κ3) is 2.18. The van der Waals surface area contributed by atoms with Gasteiger partial charge in [-0.2, -0.15) is 0 Å². The fourth-order valence-corrected chi connectivity index (χ4v) is 1.85. The van der Waals surface area contributed by atoms with Crippen LogP contribution in [0.4, 0.5) is 0 Å². The molecule has 1 aromatic rings. The maximum atomic E-state index is 11.2. The first-order valence-corrected chi connectivity index (χ1v) is 4.86. The molecular weight excluding hydrogens is 192 g/mol. The van der Waals surface area contributed by atoms with Gasteiger partial charge in [-0.25, -0.2) is 0 Å². The Morgan fingerprint density at radius 2 is 1.73 bits per heavy atom. The molecule has 0 radical (unpaired) electrons. The quantitative estimate of drug-likeness (QED) is 0.737. The van der Waals surface area contributed by atoms with Crippen LogP contribution in [0, 0.1) is 0 Å². The summed E-state index contributed by atoms with van der Waals surface area (Å²) < 4.78 is 0. The van der Waals surface area contributed by atoms with Gasteiger partial charge in [0.25, 0.3) is 0 Å². The zero-order chi connectivity index (χ0) is 10.8. The van der Waals surface area contributed by atoms with Gasteiger partial charge in [0, 0.05) is 18.9 Å². The average molecular weight is 204 g/mol. The van der Waals surface area contributed by atoms with Crippen LogP contribution >= 0.6 is 0 Å². The van der Waals surface area contributed by atoms with Crippen molar-refractivity contribution in [3.63, 3.8) is 0 Å². The predicted octanol–water partition coefficient (Wildman–Crippen LogP) is 2.28. The normalized spacial score (nSPS) is 21.2. The molecule has 15 heavy (non-hydrogen) atoms. The summed E-state index contributed by atoms with van der Waals surface area (Å²) in [5, 5.41) is 18.5. The molecule has 0 aromatic heterocycles. The molecule has 2 rings (SSSR count). The summed E-state index contributed by atoms with van der Waals surface area (Å²) in [5.74, 6) is 0.338. The van der Waals surface area contributed by atoms with E-state index in [2.05, 4.69) is 0 Å². The number of aliphatic hydroxyl groups is 1. The smallest absolute Gasteiger partial charge is 0.159 e. The fraction of sp³-hybridized carbons (Fsp3) is 0.250. The fourth-order valence-electron chi connectivity index (χ4n) is 1.85. The van der Waals surface area contributed by atoms with Crippen LogP contribution < -0.4 is 0 Å². The van der Waals surface area contributed by atoms with Crippen LogP contribution in [0.3, 0.4) is 0 Å². The van der Waals surface area contributed by atoms with Crippen LogP contribution in [-0.4, -0.2) is 16.0 Å². The lowest BCUT2D eigenvalue weighted by atomic mass is 9.86. The summed E-state index contributed by atoms with van der Waals surface area (Å²) in [4.78, 5) is 11.2. The van der Waals surface area contributed by atoms with E-state index in [0.717, 1.165) is 5.56 Å². The Hall–Kier alpha value is -1.77. The van der Waals surface area contributed by atoms with E-state index in [-0.39, 0.29) is 23.2 Å². The van der Waals surface area contributed by atoms with E-state index in [1.807, 2.05) is 0 Å². The van der Waals surface area contributed by atoms with E-state index in [4.69, 9.17) is 5.11 Å². The van der Waals surface area contributed by atoms with Gasteiger partial charge in [-0.3, -0.25) is 4.79 Å². The van der Waals surface area contributed by atoms with E-state index in [1.54, 1.807) is 24.3 Å². The zero-order valence-corrected chi connectivity index (χ0v) is 8.18. The number of aliphatic hydroxyl groups excluding tert-OH is 1. The maximum absolute atomic E-state index is 11.2. The third-order valence-corrected chi connectivity index (χ3v) is 2.60. The van der Waals surface area contributed by atoms with Gasteiger partial charge in [-0.05, 0) is 23.6 Å². The molecule has 1 aliphatic rings. The van der Waals surface area contributed by atoms with E-state index < -0.39 is 0 Å². The summed E-state index contributed by atoms with van der Waals surface area (Å²) in [6.07, 6.45) is 2.21. The summed E-state index contributed by atoms with van der Waals surface area (Å²) in [5.41, 5.74) is 0.973. The van der Waals surface area contributed by atoms with Crippen molar-refractivity contribution in [2.24, 2.45) is 0 Å². The lowest BCUT2D eigenvalue weighted by Crippen LogP contribution is -2.12. The number of rotatable bonds is 1. The van der Waals surface area contributed by atoms with Crippen LogP contribution in [-0.2, 0) is 4.79 Å². The first-order chi connectivity index (χ1) is 7.15. The average Bonchev–Trinajstić information content (AvgIpc) is 2.17. The molecule has 3 nitrogen and oxygen atoms in total. The number of carbonyl (C=O) groups excluding carboxylic acids is 1. The second-order valence-corrected chi connectivity index (χ2v) is 3.80. The zero-order valence-electron chi connectivity index (χ0n) is 8.18. The molecule has 1 aliphatic carbocycles. The molecule has 0 unspecified atom stereocenters. The van der Waals surface area contributed by atoms with Crippen molar-refractivity contribution in [1.82, 2.24) is 0 Å². The van der Waals surface area contributed by atoms with Crippen molar-refractivity contribution < 1.29 is 15.0 Å². The molecule has 0 fully saturated rings. The highest BCUT2D eigenvalue weighted by Crippen LogP contribution is 2.30. The van der Waals surface area contributed by atoms with Crippen molar-refractivity contribution in [3.8, 4) is 5.75 Å². The molecule has 0 aliphatic heterocycles. The van der Waals surface area contributed by atoms with Crippen LogP contribution in [0.5, 0.6) is 5.75 Å². The Kier molecular flexibility index (Phi) is 2.46. The van der Waals surface area contributed by atoms with E-state index in [9.17, 15) is 9.90 Å². The van der Waals surface area contributed by atoms with Crippen molar-refractivity contribution >= 4 is 5.78 Å². The number of aromatic hydroxyl groups is 1. The van der Waals surface area contributed by atoms with E-state index in [0.29, 0.717) is 12.8 Å². The van der Waals surface area contributed by atoms with Gasteiger partial charge in [0.2, 0.25) is 0 Å². The molecular formula is C12H12O3. The number of ketones is 1. The van der Waals surface area contributed by atoms with Gasteiger partial charge < -0.3 is 10.2 Å². The van der Waals surface area contributed by atoms with Crippen LogP contribution in [0.25, 0.3) is 0 Å². The summed E-state index contributed by atoms with van der Waals surface area (Å²) >= 11 is 0. The number of hydrogen-bond donors (Lipinski definition) is 2. The van der Waals surface area contributed by atoms with Crippen molar-refractivity contribution in [1.29, 1.82) is 0 Å². The number of phenols is 1. The monoisotopic (exact) mass is 204 g/mol. The van der Waals surface area contributed by atoms with E-state index in [1.165, 1.54) is 6.08 Å². The van der Waals surface area contributed by atoms with Crippen LogP contribution in [0.15, 0.2) is 36.1 Å². The highest BCUT2D eigenvalue weighted by Gasteiger charge is 2.21. The molecule has 0 saturated heterocycles. The van der Waals surface area contributed by atoms with Gasteiger partial charge in [0.05, 0.1) is 5.76 Å². The van der Waals surface area contributed by atoms with E-state index >= 15 is 0 Å². The summed E-state index contributed by atoms with van der Waals surface area (Å²) in [6, 6.07) is 6.75. The highest BCUT2D eigenvalue weighted by molar-refractivity contribution is 5.91. The Bertz CT molecular complexity index is 403. The molecule has 1 aromatic carbocycles. The summed E-state index contributed by atoms with van der Waals surface area (Å²) in [6.45, 7) is 0. The Morgan fingerprint density at radius 3 is 2.33 bits per heavy atom. The molecule has 2 N–H and O–H groups in total. The van der Waals surface area contributed by atoms with Crippen LogP contribution in [0.2, 0.25) is 0 Å². The van der Waals surface area contributed by atoms with Crippen LogP contribution in [0.1, 0.15) is 24.3 Å². The Balaban J connectivity index is 2.22. The number of hydrogen-bond acceptors (Lipinski definition) is 3. The topological polar surface area (TPSA) is 57.5 Å². The minimum atomic E-state index is -0.0446. The number of carbonyl (C=O) groups is 1. The maximum Gasteiger partial charge on any atom is 0.159 e. The number of allylic oxidation sites excluding steroid dienone is 2. The molecule has 1 atom stereocenters. The minimum absolute atomic E-state index is 0.0306. The number of benzene rings is 1. The highest BCUT2D eigenvalue weighted by atomic mass is 16.3. The standard InChI is InChI=1S/C12H12O3/c13-10-3-1-8(2-4-10)9-5-11(14)7-12(15)6-9/h1-4,7,9,13-14H,5-6H2/t9-/m1/s1. The Labute approximate surface area is 87.7 Å². The number of phenolic OH excluding ortho intramolecular Hbond substituents is 1. The van der Waals surface area contributed by atoms with Gasteiger partial charge >= 0.3 is 0 Å². The molecule has 0 saturated carbocycles. The first kappa shape index (κ1) is 9.77.